The lowest BCUT2D eigenvalue weighted by atomic mass is 10.1. The van der Waals surface area contributed by atoms with E-state index in [-0.39, 0.29) is 23.3 Å². The zero-order valence-corrected chi connectivity index (χ0v) is 12.8. The highest BCUT2D eigenvalue weighted by Crippen LogP contribution is 2.25. The summed E-state index contributed by atoms with van der Waals surface area (Å²) in [6, 6.07) is 4.36. The molecule has 0 bridgehead atoms. The maximum atomic E-state index is 12.2. The molecule has 1 aliphatic heterocycles. The number of hydrogen-bond acceptors (Lipinski definition) is 4. The fourth-order valence-electron chi connectivity index (χ4n) is 2.14. The molecule has 21 heavy (non-hydrogen) atoms. The van der Waals surface area contributed by atoms with E-state index >= 15 is 0 Å². The zero-order chi connectivity index (χ0) is 15.4. The van der Waals surface area contributed by atoms with Crippen molar-refractivity contribution >= 4 is 29.4 Å². The molecule has 1 unspecified atom stereocenters. The van der Waals surface area contributed by atoms with Gasteiger partial charge in [-0.15, -0.1) is 0 Å². The molecular formula is C14H18N2O4S. The Bertz CT molecular complexity index is 544. The molecule has 1 aliphatic rings. The van der Waals surface area contributed by atoms with Gasteiger partial charge in [0.1, 0.15) is 5.75 Å². The van der Waals surface area contributed by atoms with Gasteiger partial charge >= 0.3 is 12.0 Å². The summed E-state index contributed by atoms with van der Waals surface area (Å²) in [6.07, 6.45) is 0.957. The highest BCUT2D eigenvalue weighted by molar-refractivity contribution is 7.99. The van der Waals surface area contributed by atoms with Crippen molar-refractivity contribution in [3.8, 4) is 5.75 Å². The minimum Gasteiger partial charge on any atom is -0.497 e. The minimum atomic E-state index is -1.09. The topological polar surface area (TPSA) is 78.9 Å². The summed E-state index contributed by atoms with van der Waals surface area (Å²) in [5.74, 6) is 1.36. The van der Waals surface area contributed by atoms with Crippen molar-refractivity contribution in [2.75, 3.05) is 31.0 Å². The first-order valence-electron chi connectivity index (χ1n) is 6.56. The first kappa shape index (κ1) is 15.5. The van der Waals surface area contributed by atoms with Crippen molar-refractivity contribution in [2.24, 2.45) is 0 Å². The molecule has 2 rings (SSSR count). The quantitative estimate of drug-likeness (QED) is 0.892. The van der Waals surface area contributed by atoms with Gasteiger partial charge in [-0.2, -0.15) is 11.8 Å². The lowest BCUT2D eigenvalue weighted by Crippen LogP contribution is -2.40. The summed E-state index contributed by atoms with van der Waals surface area (Å²) >= 11 is 1.81. The second-order valence-corrected chi connectivity index (χ2v) is 5.92. The molecule has 1 heterocycles. The van der Waals surface area contributed by atoms with Crippen molar-refractivity contribution in [2.45, 2.75) is 12.5 Å². The number of carbonyl (C=O) groups excluding carboxylic acids is 1. The van der Waals surface area contributed by atoms with Gasteiger partial charge in [0.05, 0.1) is 18.4 Å². The van der Waals surface area contributed by atoms with Crippen LogP contribution in [0.4, 0.5) is 10.5 Å². The molecule has 0 radical (unpaired) electrons. The van der Waals surface area contributed by atoms with Crippen LogP contribution >= 0.6 is 11.8 Å². The Morgan fingerprint density at radius 1 is 1.48 bits per heavy atom. The third-order valence-electron chi connectivity index (χ3n) is 3.47. The smallest absolute Gasteiger partial charge is 0.337 e. The lowest BCUT2D eigenvalue weighted by molar-refractivity contribution is 0.0698. The van der Waals surface area contributed by atoms with E-state index in [4.69, 9.17) is 4.74 Å². The number of anilines is 1. The lowest BCUT2D eigenvalue weighted by Gasteiger charge is -2.24. The van der Waals surface area contributed by atoms with E-state index in [0.717, 1.165) is 17.9 Å². The number of aromatic carboxylic acids is 1. The van der Waals surface area contributed by atoms with E-state index in [1.165, 1.54) is 19.2 Å². The fourth-order valence-corrected chi connectivity index (χ4v) is 3.40. The number of amides is 2. The van der Waals surface area contributed by atoms with Gasteiger partial charge in [-0.1, -0.05) is 0 Å². The van der Waals surface area contributed by atoms with Crippen LogP contribution in [-0.2, 0) is 0 Å². The van der Waals surface area contributed by atoms with Gasteiger partial charge in [-0.3, -0.25) is 0 Å². The summed E-state index contributed by atoms with van der Waals surface area (Å²) in [6.45, 7) is 0. The number of ether oxygens (including phenoxy) is 1. The minimum absolute atomic E-state index is 0.0401. The molecule has 1 aromatic carbocycles. The average Bonchev–Trinajstić information content (AvgIpc) is 3.00. The molecule has 6 nitrogen and oxygen atoms in total. The first-order valence-corrected chi connectivity index (χ1v) is 7.71. The Morgan fingerprint density at radius 3 is 2.81 bits per heavy atom. The number of nitrogens with one attached hydrogen (secondary N) is 1. The number of carboxylic acid groups (broad SMARTS) is 1. The maximum Gasteiger partial charge on any atom is 0.337 e. The third-order valence-corrected chi connectivity index (χ3v) is 4.62. The van der Waals surface area contributed by atoms with Gasteiger partial charge in [0.15, 0.2) is 0 Å². The number of carbonyl (C=O) groups is 2. The van der Waals surface area contributed by atoms with E-state index in [9.17, 15) is 14.7 Å². The van der Waals surface area contributed by atoms with E-state index in [2.05, 4.69) is 5.32 Å². The summed E-state index contributed by atoms with van der Waals surface area (Å²) < 4.78 is 5.07. The second-order valence-electron chi connectivity index (χ2n) is 4.78. The van der Waals surface area contributed by atoms with Crippen molar-refractivity contribution in [3.63, 3.8) is 0 Å². The number of thioether (sulfide) groups is 1. The Balaban J connectivity index is 2.16. The summed E-state index contributed by atoms with van der Waals surface area (Å²) in [4.78, 5) is 25.1. The SMILES string of the molecule is COc1ccc(C(=O)O)c(NC(=O)N(C)C2CCSC2)c1. The van der Waals surface area contributed by atoms with Crippen molar-refractivity contribution in [1.82, 2.24) is 4.90 Å². The molecule has 2 amide bonds. The number of benzene rings is 1. The molecule has 0 aliphatic carbocycles. The van der Waals surface area contributed by atoms with Crippen molar-refractivity contribution < 1.29 is 19.4 Å². The molecule has 7 heteroatoms. The van der Waals surface area contributed by atoms with Crippen LogP contribution in [0.3, 0.4) is 0 Å². The molecule has 0 saturated carbocycles. The van der Waals surface area contributed by atoms with Crippen LogP contribution in [-0.4, -0.2) is 53.7 Å². The standard InChI is InChI=1S/C14H18N2O4S/c1-16(9-5-6-21-8-9)14(19)15-12-7-10(20-2)3-4-11(12)13(17)18/h3-4,7,9H,5-6,8H2,1-2H3,(H,15,19)(H,17,18). The fraction of sp³-hybridized carbons (Fsp3) is 0.429. The molecule has 1 saturated heterocycles. The molecule has 0 spiro atoms. The Morgan fingerprint density at radius 2 is 2.24 bits per heavy atom. The van der Waals surface area contributed by atoms with E-state index in [0.29, 0.717) is 5.75 Å². The van der Waals surface area contributed by atoms with Crippen LogP contribution in [0.25, 0.3) is 0 Å². The molecule has 1 atom stereocenters. The number of urea groups is 1. The van der Waals surface area contributed by atoms with Crippen LogP contribution in [0.15, 0.2) is 18.2 Å². The highest BCUT2D eigenvalue weighted by atomic mass is 32.2. The number of nitrogens with zero attached hydrogens (tertiary/aromatic N) is 1. The largest absolute Gasteiger partial charge is 0.497 e. The summed E-state index contributed by atoms with van der Waals surface area (Å²) in [7, 11) is 3.22. The Labute approximate surface area is 127 Å². The van der Waals surface area contributed by atoms with Gasteiger partial charge in [0, 0.05) is 24.9 Å². The Kier molecular flexibility index (Phi) is 4.95. The van der Waals surface area contributed by atoms with Crippen LogP contribution in [0, 0.1) is 0 Å². The van der Waals surface area contributed by atoms with E-state index in [1.807, 2.05) is 11.8 Å². The van der Waals surface area contributed by atoms with Crippen LogP contribution in [0.5, 0.6) is 5.75 Å². The number of carboxylic acids is 1. The third kappa shape index (κ3) is 3.60. The van der Waals surface area contributed by atoms with Gasteiger partial charge in [-0.05, 0) is 24.3 Å². The molecule has 114 valence electrons. The van der Waals surface area contributed by atoms with E-state index in [1.54, 1.807) is 18.0 Å². The van der Waals surface area contributed by atoms with Gasteiger partial charge in [0.25, 0.3) is 0 Å². The van der Waals surface area contributed by atoms with Gasteiger partial charge < -0.3 is 20.1 Å². The predicted octanol–water partition coefficient (Wildman–Crippen LogP) is 2.36. The average molecular weight is 310 g/mol. The number of hydrogen-bond donors (Lipinski definition) is 2. The normalized spacial score (nSPS) is 17.3. The second kappa shape index (κ2) is 6.71. The number of rotatable bonds is 4. The van der Waals surface area contributed by atoms with Crippen LogP contribution in [0.1, 0.15) is 16.8 Å². The van der Waals surface area contributed by atoms with Crippen LogP contribution < -0.4 is 10.1 Å². The summed E-state index contributed by atoms with van der Waals surface area (Å²) in [5.41, 5.74) is 0.280. The highest BCUT2D eigenvalue weighted by Gasteiger charge is 2.24. The number of methoxy groups -OCH3 is 1. The zero-order valence-electron chi connectivity index (χ0n) is 12.0. The van der Waals surface area contributed by atoms with Crippen molar-refractivity contribution in [1.29, 1.82) is 0 Å². The van der Waals surface area contributed by atoms with E-state index < -0.39 is 5.97 Å². The van der Waals surface area contributed by atoms with Crippen LogP contribution in [0.2, 0.25) is 0 Å². The molecule has 0 aromatic heterocycles. The monoisotopic (exact) mass is 310 g/mol. The van der Waals surface area contributed by atoms with Crippen molar-refractivity contribution in [3.05, 3.63) is 23.8 Å². The Hall–Kier alpha value is -1.89. The predicted molar refractivity (Wildman–Crippen MR) is 82.5 cm³/mol. The maximum absolute atomic E-state index is 12.2. The molecule has 1 fully saturated rings. The molecular weight excluding hydrogens is 292 g/mol. The first-order chi connectivity index (χ1) is 10.0. The molecule has 2 N–H and O–H groups in total. The molecule has 1 aromatic rings. The summed E-state index contributed by atoms with van der Waals surface area (Å²) in [5, 5.41) is 11.8. The van der Waals surface area contributed by atoms with Gasteiger partial charge in [-0.25, -0.2) is 9.59 Å². The van der Waals surface area contributed by atoms with Gasteiger partial charge in [0.2, 0.25) is 0 Å².